The summed E-state index contributed by atoms with van der Waals surface area (Å²) in [6, 6.07) is 13.0. The van der Waals surface area contributed by atoms with Crippen LogP contribution in [0.3, 0.4) is 0 Å². The Morgan fingerprint density at radius 1 is 1.06 bits per heavy atom. The molecular formula is C23H20F3N5O2S. The van der Waals surface area contributed by atoms with Crippen molar-refractivity contribution >= 4 is 34.3 Å². The predicted molar refractivity (Wildman–Crippen MR) is 123 cm³/mol. The van der Waals surface area contributed by atoms with Gasteiger partial charge in [-0.25, -0.2) is 0 Å². The average Bonchev–Trinajstić information content (AvgIpc) is 3.49. The zero-order valence-electron chi connectivity index (χ0n) is 17.9. The standard InChI is InChI=1S/C23H20F3N5O2S/c24-23(25,26)15-4-3-5-16(12-15)30-8-10-31(11-9-30)20(32)14-34-22-29-28-21(33-22)18-13-27-19-7-2-1-6-17(18)19/h1-7,12-13,27H,8-11,14H2. The molecule has 176 valence electrons. The molecule has 2 aromatic heterocycles. The molecule has 1 saturated heterocycles. The monoisotopic (exact) mass is 487 g/mol. The number of benzene rings is 2. The van der Waals surface area contributed by atoms with Crippen LogP contribution in [0.1, 0.15) is 5.56 Å². The lowest BCUT2D eigenvalue weighted by Gasteiger charge is -2.36. The smallest absolute Gasteiger partial charge is 0.411 e. The fourth-order valence-electron chi connectivity index (χ4n) is 3.93. The van der Waals surface area contributed by atoms with E-state index in [1.54, 1.807) is 11.0 Å². The molecule has 0 radical (unpaired) electrons. The first-order valence-electron chi connectivity index (χ1n) is 10.6. The number of hydrogen-bond donors (Lipinski definition) is 1. The number of amides is 1. The van der Waals surface area contributed by atoms with Crippen molar-refractivity contribution in [2.45, 2.75) is 11.4 Å². The number of carbonyl (C=O) groups is 1. The van der Waals surface area contributed by atoms with Gasteiger partial charge in [-0.05, 0) is 24.3 Å². The number of para-hydroxylation sites is 1. The molecule has 0 aliphatic carbocycles. The number of aromatic amines is 1. The quantitative estimate of drug-likeness (QED) is 0.412. The summed E-state index contributed by atoms with van der Waals surface area (Å²) >= 11 is 1.17. The summed E-state index contributed by atoms with van der Waals surface area (Å²) in [6.07, 6.45) is -2.57. The normalized spacial score (nSPS) is 14.7. The van der Waals surface area contributed by atoms with Crippen molar-refractivity contribution in [3.05, 3.63) is 60.3 Å². The highest BCUT2D eigenvalue weighted by Gasteiger charge is 2.31. The highest BCUT2D eigenvalue weighted by atomic mass is 32.2. The van der Waals surface area contributed by atoms with E-state index in [2.05, 4.69) is 15.2 Å². The van der Waals surface area contributed by atoms with E-state index in [9.17, 15) is 18.0 Å². The number of rotatable bonds is 5. The minimum absolute atomic E-state index is 0.0828. The van der Waals surface area contributed by atoms with Crippen molar-refractivity contribution < 1.29 is 22.4 Å². The molecule has 0 atom stereocenters. The Kier molecular flexibility index (Phi) is 5.94. The molecule has 1 N–H and O–H groups in total. The van der Waals surface area contributed by atoms with Crippen LogP contribution in [0.25, 0.3) is 22.4 Å². The Labute approximate surface area is 196 Å². The number of fused-ring (bicyclic) bond motifs is 1. The summed E-state index contributed by atoms with van der Waals surface area (Å²) in [5, 5.41) is 9.41. The van der Waals surface area contributed by atoms with Crippen molar-refractivity contribution in [2.75, 3.05) is 36.8 Å². The molecule has 1 aliphatic heterocycles. The highest BCUT2D eigenvalue weighted by molar-refractivity contribution is 7.99. The van der Waals surface area contributed by atoms with Crippen LogP contribution in [0.15, 0.2) is 64.4 Å². The van der Waals surface area contributed by atoms with Gasteiger partial charge in [0, 0.05) is 49.0 Å². The number of hydrogen-bond acceptors (Lipinski definition) is 6. The van der Waals surface area contributed by atoms with E-state index in [-0.39, 0.29) is 11.7 Å². The lowest BCUT2D eigenvalue weighted by molar-refractivity contribution is -0.137. The van der Waals surface area contributed by atoms with Gasteiger partial charge in [0.05, 0.1) is 16.9 Å². The van der Waals surface area contributed by atoms with Gasteiger partial charge in [0.1, 0.15) is 0 Å². The second-order valence-corrected chi connectivity index (χ2v) is 8.75. The molecular weight excluding hydrogens is 467 g/mol. The number of halogens is 3. The summed E-state index contributed by atoms with van der Waals surface area (Å²) in [5.74, 6) is 0.432. The molecule has 34 heavy (non-hydrogen) atoms. The Morgan fingerprint density at radius 2 is 1.85 bits per heavy atom. The van der Waals surface area contributed by atoms with Crippen LogP contribution in [0.5, 0.6) is 0 Å². The second kappa shape index (κ2) is 9.05. The fraction of sp³-hybridized carbons (Fsp3) is 0.261. The van der Waals surface area contributed by atoms with E-state index in [1.807, 2.05) is 35.4 Å². The van der Waals surface area contributed by atoms with Gasteiger partial charge in [0.2, 0.25) is 5.91 Å². The van der Waals surface area contributed by atoms with Gasteiger partial charge in [0.15, 0.2) is 0 Å². The highest BCUT2D eigenvalue weighted by Crippen LogP contribution is 2.32. The molecule has 1 fully saturated rings. The van der Waals surface area contributed by atoms with Gasteiger partial charge in [0.25, 0.3) is 11.1 Å². The molecule has 0 saturated carbocycles. The van der Waals surface area contributed by atoms with Crippen LogP contribution >= 0.6 is 11.8 Å². The van der Waals surface area contributed by atoms with Crippen LogP contribution < -0.4 is 4.90 Å². The van der Waals surface area contributed by atoms with Crippen LogP contribution in [0.4, 0.5) is 18.9 Å². The predicted octanol–water partition coefficient (Wildman–Crippen LogP) is 4.68. The third-order valence-electron chi connectivity index (χ3n) is 5.72. The molecule has 7 nitrogen and oxygen atoms in total. The third kappa shape index (κ3) is 4.60. The van der Waals surface area contributed by atoms with E-state index in [0.717, 1.165) is 28.6 Å². The maximum Gasteiger partial charge on any atom is 0.416 e. The van der Waals surface area contributed by atoms with Crippen molar-refractivity contribution in [3.63, 3.8) is 0 Å². The van der Waals surface area contributed by atoms with E-state index in [1.165, 1.54) is 17.8 Å². The van der Waals surface area contributed by atoms with E-state index in [0.29, 0.717) is 43.0 Å². The molecule has 0 bridgehead atoms. The van der Waals surface area contributed by atoms with Gasteiger partial charge in [-0.3, -0.25) is 4.79 Å². The number of aromatic nitrogens is 3. The largest absolute Gasteiger partial charge is 0.416 e. The Hall–Kier alpha value is -3.47. The van der Waals surface area contributed by atoms with Crippen molar-refractivity contribution in [1.82, 2.24) is 20.1 Å². The minimum Gasteiger partial charge on any atom is -0.411 e. The van der Waals surface area contributed by atoms with E-state index >= 15 is 0 Å². The first kappa shape index (κ1) is 22.3. The molecule has 2 aromatic carbocycles. The molecule has 1 amide bonds. The lowest BCUT2D eigenvalue weighted by Crippen LogP contribution is -2.49. The number of thioether (sulfide) groups is 1. The van der Waals surface area contributed by atoms with Crippen LogP contribution in [0.2, 0.25) is 0 Å². The fourth-order valence-corrected chi connectivity index (χ4v) is 4.60. The molecule has 5 rings (SSSR count). The maximum absolute atomic E-state index is 13.0. The second-order valence-electron chi connectivity index (χ2n) is 7.83. The zero-order chi connectivity index (χ0) is 23.7. The zero-order valence-corrected chi connectivity index (χ0v) is 18.7. The summed E-state index contributed by atoms with van der Waals surface area (Å²) in [7, 11) is 0. The van der Waals surface area contributed by atoms with Gasteiger partial charge < -0.3 is 19.2 Å². The van der Waals surface area contributed by atoms with Gasteiger partial charge in [-0.15, -0.1) is 10.2 Å². The number of nitrogens with one attached hydrogen (secondary N) is 1. The van der Waals surface area contributed by atoms with E-state index < -0.39 is 11.7 Å². The van der Waals surface area contributed by atoms with Gasteiger partial charge in [-0.1, -0.05) is 36.0 Å². The first-order chi connectivity index (χ1) is 16.4. The number of anilines is 1. The van der Waals surface area contributed by atoms with Crippen molar-refractivity contribution in [3.8, 4) is 11.5 Å². The van der Waals surface area contributed by atoms with Crippen LogP contribution in [-0.4, -0.2) is 57.9 Å². The Balaban J connectivity index is 1.16. The maximum atomic E-state index is 13.0. The minimum atomic E-state index is -4.38. The molecule has 3 heterocycles. The summed E-state index contributed by atoms with van der Waals surface area (Å²) in [4.78, 5) is 19.4. The number of alkyl halides is 3. The van der Waals surface area contributed by atoms with Crippen LogP contribution in [-0.2, 0) is 11.0 Å². The summed E-state index contributed by atoms with van der Waals surface area (Å²) in [6.45, 7) is 1.78. The van der Waals surface area contributed by atoms with E-state index in [4.69, 9.17) is 4.42 Å². The topological polar surface area (TPSA) is 78.3 Å². The average molecular weight is 488 g/mol. The Morgan fingerprint density at radius 3 is 2.65 bits per heavy atom. The molecule has 0 spiro atoms. The van der Waals surface area contributed by atoms with Crippen LogP contribution in [0, 0.1) is 0 Å². The molecule has 4 aromatic rings. The first-order valence-corrected chi connectivity index (χ1v) is 11.6. The number of nitrogens with zero attached hydrogens (tertiary/aromatic N) is 4. The SMILES string of the molecule is O=C(CSc1nnc(-c2c[nH]c3ccccc23)o1)N1CCN(c2cccc(C(F)(F)F)c2)CC1. The lowest BCUT2D eigenvalue weighted by atomic mass is 10.1. The van der Waals surface area contributed by atoms with Crippen molar-refractivity contribution in [1.29, 1.82) is 0 Å². The molecule has 1 aliphatic rings. The van der Waals surface area contributed by atoms with Gasteiger partial charge >= 0.3 is 6.18 Å². The number of carbonyl (C=O) groups excluding carboxylic acids is 1. The number of H-pyrrole nitrogens is 1. The molecule has 0 unspecified atom stereocenters. The third-order valence-corrected chi connectivity index (χ3v) is 6.52. The van der Waals surface area contributed by atoms with Gasteiger partial charge in [-0.2, -0.15) is 13.2 Å². The number of piperazine rings is 1. The molecule has 11 heteroatoms. The summed E-state index contributed by atoms with van der Waals surface area (Å²) < 4.78 is 44.7. The van der Waals surface area contributed by atoms with Crippen molar-refractivity contribution in [2.24, 2.45) is 0 Å². The summed E-state index contributed by atoms with van der Waals surface area (Å²) in [5.41, 5.74) is 1.59. The Bertz CT molecular complexity index is 1310.